The van der Waals surface area contributed by atoms with Gasteiger partial charge in [0, 0.05) is 33.2 Å². The highest BCUT2D eigenvalue weighted by atomic mass is 16.2. The second-order valence-electron chi connectivity index (χ2n) is 4.64. The Bertz CT molecular complexity index is 218. The monoisotopic (exact) mass is 213 g/mol. The number of nitrogens with zero attached hydrogens (tertiary/aromatic N) is 2. The summed E-state index contributed by atoms with van der Waals surface area (Å²) in [6.45, 7) is 4.63. The Morgan fingerprint density at radius 1 is 1.53 bits per heavy atom. The van der Waals surface area contributed by atoms with Crippen molar-refractivity contribution in [2.75, 3.05) is 33.7 Å². The van der Waals surface area contributed by atoms with Crippen molar-refractivity contribution in [2.45, 2.75) is 25.8 Å². The molecule has 2 unspecified atom stereocenters. The van der Waals surface area contributed by atoms with Gasteiger partial charge in [0.2, 0.25) is 5.91 Å². The van der Waals surface area contributed by atoms with E-state index in [1.54, 1.807) is 19.0 Å². The van der Waals surface area contributed by atoms with Crippen molar-refractivity contribution in [1.82, 2.24) is 9.80 Å². The van der Waals surface area contributed by atoms with Gasteiger partial charge < -0.3 is 10.6 Å². The number of hydrogen-bond donors (Lipinski definition) is 1. The van der Waals surface area contributed by atoms with Gasteiger partial charge in [0.15, 0.2) is 0 Å². The molecule has 1 fully saturated rings. The predicted octanol–water partition coefficient (Wildman–Crippen LogP) is 0.134. The number of likely N-dealkylation sites (N-methyl/N-ethyl adjacent to an activating group) is 1. The maximum Gasteiger partial charge on any atom is 0.236 e. The molecule has 4 heteroatoms. The van der Waals surface area contributed by atoms with E-state index < -0.39 is 0 Å². The maximum absolute atomic E-state index is 11.5. The van der Waals surface area contributed by atoms with Crippen LogP contribution >= 0.6 is 0 Å². The second kappa shape index (κ2) is 5.47. The number of nitrogens with two attached hydrogens (primary N) is 1. The molecule has 0 aromatic rings. The Kier molecular flexibility index (Phi) is 4.54. The normalized spacial score (nSPS) is 27.7. The molecule has 0 spiro atoms. The summed E-state index contributed by atoms with van der Waals surface area (Å²) in [6, 6.07) is 0.320. The fourth-order valence-electron chi connectivity index (χ4n) is 2.03. The van der Waals surface area contributed by atoms with Crippen molar-refractivity contribution in [3.63, 3.8) is 0 Å². The topological polar surface area (TPSA) is 49.6 Å². The summed E-state index contributed by atoms with van der Waals surface area (Å²) in [5.41, 5.74) is 6.02. The van der Waals surface area contributed by atoms with E-state index in [9.17, 15) is 4.79 Å². The van der Waals surface area contributed by atoms with Gasteiger partial charge in [-0.05, 0) is 12.3 Å². The number of piperidine rings is 1. The van der Waals surface area contributed by atoms with Crippen molar-refractivity contribution >= 4 is 5.91 Å². The van der Waals surface area contributed by atoms with Crippen molar-refractivity contribution in [3.05, 3.63) is 0 Å². The Balaban J connectivity index is 2.41. The number of carbonyl (C=O) groups excluding carboxylic acids is 1. The van der Waals surface area contributed by atoms with E-state index in [0.717, 1.165) is 25.9 Å². The highest BCUT2D eigenvalue weighted by Gasteiger charge is 2.26. The average molecular weight is 213 g/mol. The molecule has 88 valence electrons. The zero-order chi connectivity index (χ0) is 11.4. The fourth-order valence-corrected chi connectivity index (χ4v) is 2.03. The largest absolute Gasteiger partial charge is 0.348 e. The number of hydrogen-bond acceptors (Lipinski definition) is 3. The quantitative estimate of drug-likeness (QED) is 0.725. The molecule has 15 heavy (non-hydrogen) atoms. The molecule has 0 saturated carbocycles. The molecule has 2 atom stereocenters. The van der Waals surface area contributed by atoms with Crippen molar-refractivity contribution in [3.8, 4) is 0 Å². The van der Waals surface area contributed by atoms with Crippen molar-refractivity contribution in [1.29, 1.82) is 0 Å². The van der Waals surface area contributed by atoms with E-state index in [2.05, 4.69) is 11.8 Å². The Labute approximate surface area is 92.4 Å². The molecule has 1 aliphatic rings. The van der Waals surface area contributed by atoms with Crippen LogP contribution in [0.3, 0.4) is 0 Å². The summed E-state index contributed by atoms with van der Waals surface area (Å²) >= 11 is 0. The minimum atomic E-state index is 0.181. The first-order valence-corrected chi connectivity index (χ1v) is 5.72. The highest BCUT2D eigenvalue weighted by Crippen LogP contribution is 2.18. The molecule has 1 aliphatic heterocycles. The zero-order valence-corrected chi connectivity index (χ0v) is 10.1. The third-order valence-corrected chi connectivity index (χ3v) is 3.26. The summed E-state index contributed by atoms with van der Waals surface area (Å²) < 4.78 is 0. The second-order valence-corrected chi connectivity index (χ2v) is 4.64. The minimum absolute atomic E-state index is 0.181. The van der Waals surface area contributed by atoms with Crippen LogP contribution in [0, 0.1) is 5.92 Å². The third kappa shape index (κ3) is 3.47. The van der Waals surface area contributed by atoms with Gasteiger partial charge in [-0.3, -0.25) is 9.69 Å². The molecule has 1 heterocycles. The van der Waals surface area contributed by atoms with Gasteiger partial charge in [0.05, 0.1) is 6.54 Å². The zero-order valence-electron chi connectivity index (χ0n) is 10.1. The third-order valence-electron chi connectivity index (χ3n) is 3.26. The predicted molar refractivity (Wildman–Crippen MR) is 61.5 cm³/mol. The number of likely N-dealkylation sites (tertiary alicyclic amines) is 1. The van der Waals surface area contributed by atoms with Crippen LogP contribution in [-0.2, 0) is 4.79 Å². The first-order chi connectivity index (χ1) is 7.04. The molecular weight excluding hydrogens is 190 g/mol. The molecule has 1 rings (SSSR count). The van der Waals surface area contributed by atoms with Crippen LogP contribution in [0.2, 0.25) is 0 Å². The SMILES string of the molecule is CCC1CN(CC(=O)N(C)C)CCC1N. The van der Waals surface area contributed by atoms with Crippen LogP contribution in [0.15, 0.2) is 0 Å². The molecule has 0 aromatic heterocycles. The standard InChI is InChI=1S/C11H23N3O/c1-4-9-7-14(6-5-10(9)12)8-11(15)13(2)3/h9-10H,4-8,12H2,1-3H3. The van der Waals surface area contributed by atoms with Crippen LogP contribution < -0.4 is 5.73 Å². The van der Waals surface area contributed by atoms with Crippen LogP contribution in [0.5, 0.6) is 0 Å². The number of rotatable bonds is 3. The van der Waals surface area contributed by atoms with Gasteiger partial charge >= 0.3 is 0 Å². The molecule has 1 saturated heterocycles. The summed E-state index contributed by atoms with van der Waals surface area (Å²) in [7, 11) is 3.60. The maximum atomic E-state index is 11.5. The lowest BCUT2D eigenvalue weighted by Gasteiger charge is -2.36. The van der Waals surface area contributed by atoms with E-state index in [1.165, 1.54) is 0 Å². The van der Waals surface area contributed by atoms with Crippen LogP contribution in [0.1, 0.15) is 19.8 Å². The van der Waals surface area contributed by atoms with E-state index in [1.807, 2.05) is 0 Å². The van der Waals surface area contributed by atoms with Gasteiger partial charge in [-0.2, -0.15) is 0 Å². The lowest BCUT2D eigenvalue weighted by atomic mass is 9.91. The van der Waals surface area contributed by atoms with Crippen molar-refractivity contribution in [2.24, 2.45) is 11.7 Å². The summed E-state index contributed by atoms with van der Waals surface area (Å²) in [6.07, 6.45) is 2.12. The fraction of sp³-hybridized carbons (Fsp3) is 0.909. The summed E-state index contributed by atoms with van der Waals surface area (Å²) in [4.78, 5) is 15.4. The Hall–Kier alpha value is -0.610. The summed E-state index contributed by atoms with van der Waals surface area (Å²) in [5, 5.41) is 0. The molecular formula is C11H23N3O. The average Bonchev–Trinajstić information content (AvgIpc) is 2.20. The van der Waals surface area contributed by atoms with E-state index in [0.29, 0.717) is 18.5 Å². The summed E-state index contributed by atoms with van der Waals surface area (Å²) in [5.74, 6) is 0.731. The molecule has 0 radical (unpaired) electrons. The first kappa shape index (κ1) is 12.5. The van der Waals surface area contributed by atoms with Gasteiger partial charge in [-0.1, -0.05) is 13.3 Å². The molecule has 0 aromatic carbocycles. The van der Waals surface area contributed by atoms with E-state index >= 15 is 0 Å². The van der Waals surface area contributed by atoms with Crippen LogP contribution in [0.25, 0.3) is 0 Å². The highest BCUT2D eigenvalue weighted by molar-refractivity contribution is 5.77. The minimum Gasteiger partial charge on any atom is -0.348 e. The van der Waals surface area contributed by atoms with Gasteiger partial charge in [-0.25, -0.2) is 0 Å². The smallest absolute Gasteiger partial charge is 0.236 e. The van der Waals surface area contributed by atoms with E-state index in [-0.39, 0.29) is 5.91 Å². The van der Waals surface area contributed by atoms with Gasteiger partial charge in [0.1, 0.15) is 0 Å². The molecule has 0 aliphatic carbocycles. The Morgan fingerprint density at radius 2 is 2.20 bits per heavy atom. The van der Waals surface area contributed by atoms with Crippen LogP contribution in [0.4, 0.5) is 0 Å². The molecule has 1 amide bonds. The van der Waals surface area contributed by atoms with Crippen LogP contribution in [-0.4, -0.2) is 55.5 Å². The first-order valence-electron chi connectivity index (χ1n) is 5.72. The lowest BCUT2D eigenvalue weighted by Crippen LogP contribution is -2.49. The number of carbonyl (C=O) groups is 1. The molecule has 0 bridgehead atoms. The number of amides is 1. The van der Waals surface area contributed by atoms with Crippen molar-refractivity contribution < 1.29 is 4.79 Å². The van der Waals surface area contributed by atoms with Gasteiger partial charge in [0.25, 0.3) is 0 Å². The Morgan fingerprint density at radius 3 is 2.73 bits per heavy atom. The molecule has 2 N–H and O–H groups in total. The molecule has 4 nitrogen and oxygen atoms in total. The van der Waals surface area contributed by atoms with Gasteiger partial charge in [-0.15, -0.1) is 0 Å². The lowest BCUT2D eigenvalue weighted by molar-refractivity contribution is -0.130. The van der Waals surface area contributed by atoms with E-state index in [4.69, 9.17) is 5.73 Å².